The van der Waals surface area contributed by atoms with E-state index < -0.39 is 0 Å². The molecule has 1 aliphatic rings. The van der Waals surface area contributed by atoms with Gasteiger partial charge in [-0.1, -0.05) is 18.5 Å². The Morgan fingerprint density at radius 3 is 3.07 bits per heavy atom. The monoisotopic (exact) mass is 231 g/mol. The van der Waals surface area contributed by atoms with Gasteiger partial charge < -0.3 is 10.6 Å². The molecule has 0 spiro atoms. The first-order valence-corrected chi connectivity index (χ1v) is 5.95. The zero-order valence-corrected chi connectivity index (χ0v) is 9.74. The van der Waals surface area contributed by atoms with E-state index in [0.29, 0.717) is 5.15 Å². The molecule has 0 saturated carbocycles. The number of thiazole rings is 1. The highest BCUT2D eigenvalue weighted by molar-refractivity contribution is 7.14. The van der Waals surface area contributed by atoms with Crippen LogP contribution in [0, 0.1) is 5.41 Å². The van der Waals surface area contributed by atoms with Crippen LogP contribution < -0.4 is 10.6 Å². The molecule has 1 unspecified atom stereocenters. The fourth-order valence-electron chi connectivity index (χ4n) is 1.74. The van der Waals surface area contributed by atoms with E-state index in [2.05, 4.69) is 16.8 Å². The third-order valence-electron chi connectivity index (χ3n) is 2.79. The molecule has 0 aromatic carbocycles. The van der Waals surface area contributed by atoms with Crippen molar-refractivity contribution >= 4 is 28.1 Å². The summed E-state index contributed by atoms with van der Waals surface area (Å²) in [5.41, 5.74) is 5.99. The van der Waals surface area contributed by atoms with Gasteiger partial charge in [0.25, 0.3) is 0 Å². The van der Waals surface area contributed by atoms with E-state index >= 15 is 0 Å². The molecule has 1 aromatic rings. The van der Waals surface area contributed by atoms with Crippen molar-refractivity contribution in [1.82, 2.24) is 4.98 Å². The number of halogens is 1. The summed E-state index contributed by atoms with van der Waals surface area (Å²) in [7, 11) is 0. The lowest BCUT2D eigenvalue weighted by molar-refractivity contribution is 0.383. The van der Waals surface area contributed by atoms with Crippen molar-refractivity contribution in [3.63, 3.8) is 0 Å². The van der Waals surface area contributed by atoms with Crippen molar-refractivity contribution in [1.29, 1.82) is 0 Å². The second kappa shape index (κ2) is 3.68. The van der Waals surface area contributed by atoms with Crippen LogP contribution in [-0.4, -0.2) is 24.6 Å². The Labute approximate surface area is 92.9 Å². The lowest BCUT2D eigenvalue weighted by atomic mass is 9.90. The Morgan fingerprint density at radius 1 is 1.79 bits per heavy atom. The van der Waals surface area contributed by atoms with Gasteiger partial charge in [-0.3, -0.25) is 0 Å². The van der Waals surface area contributed by atoms with E-state index in [9.17, 15) is 0 Å². The van der Waals surface area contributed by atoms with Crippen molar-refractivity contribution in [3.8, 4) is 0 Å². The minimum atomic E-state index is 0.248. The Bertz CT molecular complexity index is 328. The van der Waals surface area contributed by atoms with Gasteiger partial charge >= 0.3 is 0 Å². The molecule has 0 aliphatic carbocycles. The number of aromatic nitrogens is 1. The van der Waals surface area contributed by atoms with Crippen molar-refractivity contribution in [2.45, 2.75) is 13.3 Å². The predicted octanol–water partition coefficient (Wildman–Crippen LogP) is 1.97. The fraction of sp³-hybridized carbons (Fsp3) is 0.667. The van der Waals surface area contributed by atoms with Crippen molar-refractivity contribution in [3.05, 3.63) is 10.5 Å². The molecule has 0 radical (unpaired) electrons. The normalized spacial score (nSPS) is 27.2. The van der Waals surface area contributed by atoms with Gasteiger partial charge in [0, 0.05) is 18.5 Å². The van der Waals surface area contributed by atoms with Gasteiger partial charge in [-0.15, -0.1) is 11.3 Å². The molecule has 1 aliphatic heterocycles. The molecule has 1 aromatic heterocycles. The molecule has 14 heavy (non-hydrogen) atoms. The summed E-state index contributed by atoms with van der Waals surface area (Å²) in [5.74, 6) is 0. The van der Waals surface area contributed by atoms with Crippen LogP contribution >= 0.6 is 22.9 Å². The lowest BCUT2D eigenvalue weighted by Crippen LogP contribution is -2.31. The topological polar surface area (TPSA) is 42.1 Å². The quantitative estimate of drug-likeness (QED) is 0.847. The maximum Gasteiger partial charge on any atom is 0.186 e. The van der Waals surface area contributed by atoms with Crippen LogP contribution in [0.1, 0.15) is 13.3 Å². The second-order valence-corrected chi connectivity index (χ2v) is 5.36. The molecule has 1 fully saturated rings. The zero-order chi connectivity index (χ0) is 10.2. The van der Waals surface area contributed by atoms with Crippen molar-refractivity contribution < 1.29 is 0 Å². The number of nitrogens with two attached hydrogens (primary N) is 1. The van der Waals surface area contributed by atoms with Gasteiger partial charge in [0.15, 0.2) is 5.13 Å². The number of anilines is 1. The first kappa shape index (κ1) is 10.2. The number of rotatable bonds is 2. The molecule has 0 bridgehead atoms. The maximum absolute atomic E-state index is 5.79. The first-order valence-electron chi connectivity index (χ1n) is 4.69. The Balaban J connectivity index is 2.09. The molecular weight excluding hydrogens is 218 g/mol. The lowest BCUT2D eigenvalue weighted by Gasteiger charge is -2.21. The molecule has 1 saturated heterocycles. The molecule has 2 rings (SSSR count). The molecule has 0 amide bonds. The van der Waals surface area contributed by atoms with E-state index in [1.165, 1.54) is 0 Å². The molecule has 78 valence electrons. The SMILES string of the molecule is CC1(CN)CCN(c2nc(Cl)cs2)C1. The van der Waals surface area contributed by atoms with Gasteiger partial charge in [-0.2, -0.15) is 0 Å². The van der Waals surface area contributed by atoms with E-state index in [1.54, 1.807) is 11.3 Å². The highest BCUT2D eigenvalue weighted by atomic mass is 35.5. The summed E-state index contributed by atoms with van der Waals surface area (Å²) < 4.78 is 0. The third kappa shape index (κ3) is 1.87. The third-order valence-corrected chi connectivity index (χ3v) is 4.01. The van der Waals surface area contributed by atoms with Crippen LogP contribution in [0.25, 0.3) is 0 Å². The van der Waals surface area contributed by atoms with Crippen LogP contribution in [0.3, 0.4) is 0 Å². The average molecular weight is 232 g/mol. The highest BCUT2D eigenvalue weighted by Gasteiger charge is 2.33. The molecule has 2 heterocycles. The summed E-state index contributed by atoms with van der Waals surface area (Å²) in [4.78, 5) is 6.53. The Morgan fingerprint density at radius 2 is 2.57 bits per heavy atom. The number of hydrogen-bond acceptors (Lipinski definition) is 4. The Kier molecular flexibility index (Phi) is 2.68. The van der Waals surface area contributed by atoms with Gasteiger partial charge in [0.1, 0.15) is 5.15 Å². The van der Waals surface area contributed by atoms with Gasteiger partial charge in [0.2, 0.25) is 0 Å². The second-order valence-electron chi connectivity index (χ2n) is 4.14. The molecule has 3 nitrogen and oxygen atoms in total. The predicted molar refractivity (Wildman–Crippen MR) is 61.1 cm³/mol. The largest absolute Gasteiger partial charge is 0.347 e. The molecule has 1 atom stereocenters. The van der Waals surface area contributed by atoms with E-state index in [-0.39, 0.29) is 5.41 Å². The average Bonchev–Trinajstić information content (AvgIpc) is 2.73. The molecule has 2 N–H and O–H groups in total. The smallest absolute Gasteiger partial charge is 0.186 e. The summed E-state index contributed by atoms with van der Waals surface area (Å²) in [6.07, 6.45) is 1.14. The summed E-state index contributed by atoms with van der Waals surface area (Å²) >= 11 is 7.39. The van der Waals surface area contributed by atoms with Gasteiger partial charge in [-0.25, -0.2) is 4.98 Å². The summed E-state index contributed by atoms with van der Waals surface area (Å²) in [5, 5.41) is 3.48. The maximum atomic E-state index is 5.79. The minimum Gasteiger partial charge on any atom is -0.347 e. The number of hydrogen-bond donors (Lipinski definition) is 1. The molecule has 5 heteroatoms. The van der Waals surface area contributed by atoms with Crippen molar-refractivity contribution in [2.24, 2.45) is 11.1 Å². The summed E-state index contributed by atoms with van der Waals surface area (Å²) in [6.45, 7) is 5.00. The van der Waals surface area contributed by atoms with Crippen LogP contribution in [0.5, 0.6) is 0 Å². The standard InChI is InChI=1S/C9H14ClN3S/c1-9(5-11)2-3-13(6-9)8-12-7(10)4-14-8/h4H,2-3,5-6,11H2,1H3. The minimum absolute atomic E-state index is 0.248. The van der Waals surface area contributed by atoms with E-state index in [4.69, 9.17) is 17.3 Å². The van der Waals surface area contributed by atoms with Gasteiger partial charge in [-0.05, 0) is 18.4 Å². The molecular formula is C9H14ClN3S. The highest BCUT2D eigenvalue weighted by Crippen LogP contribution is 2.34. The fourth-order valence-corrected chi connectivity index (χ4v) is 2.72. The Hall–Kier alpha value is -0.320. The zero-order valence-electron chi connectivity index (χ0n) is 8.16. The first-order chi connectivity index (χ1) is 6.63. The van der Waals surface area contributed by atoms with Crippen LogP contribution in [0.4, 0.5) is 5.13 Å². The van der Waals surface area contributed by atoms with Crippen LogP contribution in [0.2, 0.25) is 5.15 Å². The summed E-state index contributed by atoms with van der Waals surface area (Å²) in [6, 6.07) is 0. The van der Waals surface area contributed by atoms with Gasteiger partial charge in [0.05, 0.1) is 0 Å². The number of nitrogens with zero attached hydrogens (tertiary/aromatic N) is 2. The van der Waals surface area contributed by atoms with Crippen LogP contribution in [-0.2, 0) is 0 Å². The van der Waals surface area contributed by atoms with E-state index in [1.807, 2.05) is 5.38 Å². The van der Waals surface area contributed by atoms with Crippen molar-refractivity contribution in [2.75, 3.05) is 24.5 Å². The van der Waals surface area contributed by atoms with E-state index in [0.717, 1.165) is 31.2 Å². The van der Waals surface area contributed by atoms with Crippen LogP contribution in [0.15, 0.2) is 5.38 Å².